The molecule has 0 aliphatic carbocycles. The summed E-state index contributed by atoms with van der Waals surface area (Å²) in [7, 11) is 0. The summed E-state index contributed by atoms with van der Waals surface area (Å²) in [4.78, 5) is 4.30. The molecule has 2 aromatic rings. The van der Waals surface area contributed by atoms with Crippen molar-refractivity contribution in [1.29, 1.82) is 0 Å². The Labute approximate surface area is 148 Å². The molecular weight excluding hydrogens is 292 g/mol. The van der Waals surface area contributed by atoms with Gasteiger partial charge < -0.3 is 4.57 Å². The van der Waals surface area contributed by atoms with E-state index in [9.17, 15) is 0 Å². The van der Waals surface area contributed by atoms with Crippen LogP contribution in [-0.2, 0) is 6.42 Å². The fourth-order valence-electron chi connectivity index (χ4n) is 3.90. The van der Waals surface area contributed by atoms with Crippen LogP contribution in [0.2, 0.25) is 0 Å². The number of unbranched alkanes of at least 4 members (excludes halogenated alkanes) is 4. The Morgan fingerprint density at radius 3 is 2.38 bits per heavy atom. The van der Waals surface area contributed by atoms with E-state index < -0.39 is 0 Å². The molecule has 0 saturated heterocycles. The lowest BCUT2D eigenvalue weighted by molar-refractivity contribution is 0.234. The molecule has 0 bridgehead atoms. The Hall–Kier alpha value is -1.57. The lowest BCUT2D eigenvalue weighted by atomic mass is 9.82. The van der Waals surface area contributed by atoms with Crippen molar-refractivity contribution in [2.75, 3.05) is 0 Å². The Morgan fingerprint density at radius 2 is 1.75 bits per heavy atom. The summed E-state index contributed by atoms with van der Waals surface area (Å²) in [5.74, 6) is 1.28. The number of aromatic nitrogens is 2. The van der Waals surface area contributed by atoms with Crippen LogP contribution in [-0.4, -0.2) is 9.55 Å². The summed E-state index contributed by atoms with van der Waals surface area (Å²) in [6, 6.07) is 11.5. The highest BCUT2D eigenvalue weighted by Crippen LogP contribution is 2.33. The summed E-state index contributed by atoms with van der Waals surface area (Å²) < 4.78 is 2.34. The highest BCUT2D eigenvalue weighted by Gasteiger charge is 2.25. The highest BCUT2D eigenvalue weighted by molar-refractivity contribution is 5.15. The predicted molar refractivity (Wildman–Crippen MR) is 103 cm³/mol. The molecule has 0 spiro atoms. The number of hydrogen-bond acceptors (Lipinski definition) is 1. The number of rotatable bonds is 11. The van der Waals surface area contributed by atoms with Crippen LogP contribution in [0.4, 0.5) is 0 Å². The van der Waals surface area contributed by atoms with Gasteiger partial charge in [0.05, 0.1) is 6.33 Å². The van der Waals surface area contributed by atoms with E-state index >= 15 is 0 Å². The molecule has 132 valence electrons. The summed E-state index contributed by atoms with van der Waals surface area (Å²) in [6.07, 6.45) is 15.3. The Kier molecular flexibility index (Phi) is 8.07. The van der Waals surface area contributed by atoms with Crippen molar-refractivity contribution in [3.63, 3.8) is 0 Å². The van der Waals surface area contributed by atoms with Crippen molar-refractivity contribution >= 4 is 0 Å². The van der Waals surface area contributed by atoms with Gasteiger partial charge in [-0.2, -0.15) is 0 Å². The maximum Gasteiger partial charge on any atom is 0.0948 e. The van der Waals surface area contributed by atoms with Crippen LogP contribution in [0.5, 0.6) is 0 Å². The third-order valence-corrected chi connectivity index (χ3v) is 5.05. The van der Waals surface area contributed by atoms with Gasteiger partial charge in [-0.15, -0.1) is 0 Å². The second-order valence-corrected chi connectivity index (χ2v) is 7.40. The Balaban J connectivity index is 2.07. The van der Waals surface area contributed by atoms with Gasteiger partial charge in [0.15, 0.2) is 0 Å². The van der Waals surface area contributed by atoms with Crippen LogP contribution < -0.4 is 0 Å². The third kappa shape index (κ3) is 5.81. The van der Waals surface area contributed by atoms with Gasteiger partial charge in [-0.05, 0) is 30.2 Å². The zero-order valence-electron chi connectivity index (χ0n) is 15.7. The third-order valence-electron chi connectivity index (χ3n) is 5.05. The van der Waals surface area contributed by atoms with E-state index in [1.807, 2.05) is 12.5 Å². The summed E-state index contributed by atoms with van der Waals surface area (Å²) >= 11 is 0. The molecule has 0 fully saturated rings. The molecule has 2 nitrogen and oxygen atoms in total. The minimum absolute atomic E-state index is 0.527. The predicted octanol–water partition coefficient (Wildman–Crippen LogP) is 6.30. The molecule has 0 N–H and O–H groups in total. The molecule has 0 aliphatic rings. The van der Waals surface area contributed by atoms with E-state index in [0.717, 1.165) is 6.42 Å². The quantitative estimate of drug-likeness (QED) is 0.443. The maximum absolute atomic E-state index is 4.30. The Morgan fingerprint density at radius 1 is 1.00 bits per heavy atom. The van der Waals surface area contributed by atoms with Gasteiger partial charge in [0.2, 0.25) is 0 Å². The second kappa shape index (κ2) is 10.3. The summed E-state index contributed by atoms with van der Waals surface area (Å²) in [6.45, 7) is 6.98. The summed E-state index contributed by atoms with van der Waals surface area (Å²) in [5, 5.41) is 0. The minimum atomic E-state index is 0.527. The minimum Gasteiger partial charge on any atom is -0.334 e. The highest BCUT2D eigenvalue weighted by atomic mass is 15.1. The molecule has 0 saturated carbocycles. The van der Waals surface area contributed by atoms with Crippen molar-refractivity contribution in [1.82, 2.24) is 9.55 Å². The normalized spacial score (nSPS) is 14.0. The van der Waals surface area contributed by atoms with Gasteiger partial charge >= 0.3 is 0 Å². The first kappa shape index (κ1) is 18.8. The Bertz CT molecular complexity index is 530. The SMILES string of the molecule is CCCCCCCC(Cc1ccccc1)C(C(C)C)n1ccnc1. The van der Waals surface area contributed by atoms with E-state index in [-0.39, 0.29) is 0 Å². The van der Waals surface area contributed by atoms with Gasteiger partial charge in [-0.1, -0.05) is 83.2 Å². The second-order valence-electron chi connectivity index (χ2n) is 7.40. The topological polar surface area (TPSA) is 17.8 Å². The zero-order valence-corrected chi connectivity index (χ0v) is 15.7. The van der Waals surface area contributed by atoms with Crippen LogP contribution in [0.25, 0.3) is 0 Å². The molecule has 2 heteroatoms. The van der Waals surface area contributed by atoms with Gasteiger partial charge in [0.25, 0.3) is 0 Å². The standard InChI is InChI=1S/C22H34N2/c1-4-5-6-7-11-14-21(17-20-12-9-8-10-13-20)22(19(2)3)24-16-15-23-18-24/h8-10,12-13,15-16,18-19,21-22H,4-7,11,14,17H2,1-3H3. The molecule has 1 heterocycles. The van der Waals surface area contributed by atoms with Crippen LogP contribution in [0.15, 0.2) is 49.1 Å². The van der Waals surface area contributed by atoms with Gasteiger partial charge in [0, 0.05) is 18.4 Å². The van der Waals surface area contributed by atoms with Crippen LogP contribution in [0, 0.1) is 11.8 Å². The van der Waals surface area contributed by atoms with E-state index in [2.05, 4.69) is 66.9 Å². The zero-order chi connectivity index (χ0) is 17.2. The van der Waals surface area contributed by atoms with Gasteiger partial charge in [-0.25, -0.2) is 4.98 Å². The van der Waals surface area contributed by atoms with E-state index in [0.29, 0.717) is 17.9 Å². The number of benzene rings is 1. The molecule has 24 heavy (non-hydrogen) atoms. The molecule has 2 unspecified atom stereocenters. The maximum atomic E-state index is 4.30. The molecular formula is C22H34N2. The lowest BCUT2D eigenvalue weighted by Gasteiger charge is -2.32. The molecule has 2 atom stereocenters. The van der Waals surface area contributed by atoms with E-state index in [1.54, 1.807) is 0 Å². The van der Waals surface area contributed by atoms with E-state index in [4.69, 9.17) is 0 Å². The first-order chi connectivity index (χ1) is 11.7. The largest absolute Gasteiger partial charge is 0.334 e. The summed E-state index contributed by atoms with van der Waals surface area (Å²) in [5.41, 5.74) is 1.46. The fraction of sp³-hybridized carbons (Fsp3) is 0.591. The van der Waals surface area contributed by atoms with E-state index in [1.165, 1.54) is 44.1 Å². The molecule has 0 amide bonds. The van der Waals surface area contributed by atoms with Gasteiger partial charge in [-0.3, -0.25) is 0 Å². The van der Waals surface area contributed by atoms with Gasteiger partial charge in [0.1, 0.15) is 0 Å². The molecule has 2 rings (SSSR count). The van der Waals surface area contributed by atoms with Crippen LogP contribution in [0.3, 0.4) is 0 Å². The van der Waals surface area contributed by atoms with Crippen molar-refractivity contribution in [2.45, 2.75) is 71.8 Å². The van der Waals surface area contributed by atoms with Crippen molar-refractivity contribution in [3.05, 3.63) is 54.6 Å². The monoisotopic (exact) mass is 326 g/mol. The van der Waals surface area contributed by atoms with Crippen molar-refractivity contribution in [2.24, 2.45) is 11.8 Å². The first-order valence-corrected chi connectivity index (χ1v) is 9.73. The average molecular weight is 327 g/mol. The van der Waals surface area contributed by atoms with Crippen LogP contribution in [0.1, 0.15) is 70.9 Å². The lowest BCUT2D eigenvalue weighted by Crippen LogP contribution is -2.25. The molecule has 0 aliphatic heterocycles. The number of imidazole rings is 1. The van der Waals surface area contributed by atoms with Crippen molar-refractivity contribution in [3.8, 4) is 0 Å². The average Bonchev–Trinajstić information content (AvgIpc) is 3.09. The smallest absolute Gasteiger partial charge is 0.0948 e. The molecule has 1 aromatic heterocycles. The molecule has 0 radical (unpaired) electrons. The van der Waals surface area contributed by atoms with Crippen molar-refractivity contribution < 1.29 is 0 Å². The molecule has 1 aromatic carbocycles. The fourth-order valence-corrected chi connectivity index (χ4v) is 3.90. The number of nitrogens with zero attached hydrogens (tertiary/aromatic N) is 2. The number of hydrogen-bond donors (Lipinski definition) is 0. The van der Waals surface area contributed by atoms with Crippen LogP contribution >= 0.6 is 0 Å². The first-order valence-electron chi connectivity index (χ1n) is 9.73.